The SMILES string of the molecule is O=[N+]([O-])c1cnc2c(Br)cc(Cl)cc2c1Cl. The summed E-state index contributed by atoms with van der Waals surface area (Å²) in [4.78, 5) is 14.1. The lowest BCUT2D eigenvalue weighted by molar-refractivity contribution is -0.384. The number of benzene rings is 1. The van der Waals surface area contributed by atoms with Gasteiger partial charge in [0.25, 0.3) is 0 Å². The highest BCUT2D eigenvalue weighted by molar-refractivity contribution is 9.10. The minimum atomic E-state index is -0.580. The molecule has 0 aliphatic heterocycles. The van der Waals surface area contributed by atoms with Gasteiger partial charge >= 0.3 is 5.69 Å². The molecule has 0 bridgehead atoms. The van der Waals surface area contributed by atoms with Crippen LogP contribution in [0, 0.1) is 10.1 Å². The molecule has 1 aromatic heterocycles. The first-order valence-electron chi connectivity index (χ1n) is 4.08. The molecular weight excluding hydrogens is 319 g/mol. The summed E-state index contributed by atoms with van der Waals surface area (Å²) < 4.78 is 0.645. The van der Waals surface area contributed by atoms with Gasteiger partial charge in [-0.2, -0.15) is 0 Å². The van der Waals surface area contributed by atoms with Crippen molar-refractivity contribution < 1.29 is 4.92 Å². The zero-order valence-electron chi connectivity index (χ0n) is 7.58. The van der Waals surface area contributed by atoms with Gasteiger partial charge in [-0.1, -0.05) is 23.2 Å². The van der Waals surface area contributed by atoms with E-state index >= 15 is 0 Å². The van der Waals surface area contributed by atoms with Gasteiger partial charge in [-0.05, 0) is 28.1 Å². The maximum absolute atomic E-state index is 10.7. The first-order valence-corrected chi connectivity index (χ1v) is 5.63. The standard InChI is InChI=1S/C9H3BrCl2N2O2/c10-6-2-4(11)1-5-8(12)7(14(15)16)3-13-9(5)6/h1-3H. The molecule has 0 radical (unpaired) electrons. The second-order valence-corrected chi connectivity index (χ2v) is 4.67. The van der Waals surface area contributed by atoms with E-state index in [1.165, 1.54) is 0 Å². The van der Waals surface area contributed by atoms with E-state index in [1.54, 1.807) is 12.1 Å². The summed E-state index contributed by atoms with van der Waals surface area (Å²) in [5, 5.41) is 11.6. The van der Waals surface area contributed by atoms with E-state index in [1.807, 2.05) is 0 Å². The molecule has 0 saturated carbocycles. The van der Waals surface area contributed by atoms with Gasteiger partial charge in [0.15, 0.2) is 0 Å². The lowest BCUT2D eigenvalue weighted by Crippen LogP contribution is -1.92. The number of aromatic nitrogens is 1. The van der Waals surface area contributed by atoms with E-state index in [-0.39, 0.29) is 10.7 Å². The summed E-state index contributed by atoms with van der Waals surface area (Å²) in [6.45, 7) is 0. The van der Waals surface area contributed by atoms with Crippen LogP contribution in [0.15, 0.2) is 22.8 Å². The van der Waals surface area contributed by atoms with Crippen LogP contribution in [0.1, 0.15) is 0 Å². The van der Waals surface area contributed by atoms with Crippen molar-refractivity contribution in [3.05, 3.63) is 43.0 Å². The molecular formula is C9H3BrCl2N2O2. The van der Waals surface area contributed by atoms with E-state index in [0.717, 1.165) is 6.20 Å². The molecule has 0 fully saturated rings. The topological polar surface area (TPSA) is 56.0 Å². The molecule has 0 spiro atoms. The highest BCUT2D eigenvalue weighted by Crippen LogP contribution is 2.35. The van der Waals surface area contributed by atoms with Crippen molar-refractivity contribution in [1.29, 1.82) is 0 Å². The van der Waals surface area contributed by atoms with Crippen molar-refractivity contribution in [2.24, 2.45) is 0 Å². The minimum absolute atomic E-state index is 0.0400. The third-order valence-corrected chi connectivity index (χ3v) is 3.22. The Kier molecular flexibility index (Phi) is 3.01. The van der Waals surface area contributed by atoms with Crippen molar-refractivity contribution in [1.82, 2.24) is 4.98 Å². The fourth-order valence-electron chi connectivity index (χ4n) is 1.31. The number of nitro groups is 1. The van der Waals surface area contributed by atoms with Crippen LogP contribution in [0.5, 0.6) is 0 Å². The Balaban J connectivity index is 2.89. The Morgan fingerprint density at radius 3 is 2.69 bits per heavy atom. The first kappa shape index (κ1) is 11.6. The molecule has 4 nitrogen and oxygen atoms in total. The summed E-state index contributed by atoms with van der Waals surface area (Å²) in [5.41, 5.74) is 0.309. The number of nitrogens with zero attached hydrogens (tertiary/aromatic N) is 2. The van der Waals surface area contributed by atoms with E-state index in [2.05, 4.69) is 20.9 Å². The Bertz CT molecular complexity index is 604. The molecule has 16 heavy (non-hydrogen) atoms. The van der Waals surface area contributed by atoms with Gasteiger partial charge in [-0.15, -0.1) is 0 Å². The summed E-state index contributed by atoms with van der Waals surface area (Å²) in [7, 11) is 0. The molecule has 7 heteroatoms. The van der Waals surface area contributed by atoms with Crippen LogP contribution in [0.25, 0.3) is 10.9 Å². The summed E-state index contributed by atoms with van der Waals surface area (Å²) in [6, 6.07) is 3.20. The average Bonchev–Trinajstić information content (AvgIpc) is 2.19. The van der Waals surface area contributed by atoms with Crippen molar-refractivity contribution in [2.75, 3.05) is 0 Å². The van der Waals surface area contributed by atoms with Crippen LogP contribution >= 0.6 is 39.1 Å². The molecule has 82 valence electrons. The number of halogens is 3. The maximum Gasteiger partial charge on any atom is 0.306 e. The van der Waals surface area contributed by atoms with Crippen LogP contribution in [0.4, 0.5) is 5.69 Å². The molecule has 2 aromatic rings. The molecule has 0 atom stereocenters. The molecule has 1 heterocycles. The van der Waals surface area contributed by atoms with Crippen LogP contribution in [0.3, 0.4) is 0 Å². The number of hydrogen-bond donors (Lipinski definition) is 0. The average molecular weight is 322 g/mol. The monoisotopic (exact) mass is 320 g/mol. The van der Waals surface area contributed by atoms with Gasteiger partial charge in [0.1, 0.15) is 11.2 Å². The molecule has 0 amide bonds. The Morgan fingerprint density at radius 2 is 2.06 bits per heavy atom. The van der Waals surface area contributed by atoms with Gasteiger partial charge in [0, 0.05) is 14.9 Å². The molecule has 0 N–H and O–H groups in total. The number of hydrogen-bond acceptors (Lipinski definition) is 3. The van der Waals surface area contributed by atoms with Crippen LogP contribution < -0.4 is 0 Å². The quantitative estimate of drug-likeness (QED) is 0.584. The fraction of sp³-hybridized carbons (Fsp3) is 0. The van der Waals surface area contributed by atoms with Crippen molar-refractivity contribution in [3.8, 4) is 0 Å². The second-order valence-electron chi connectivity index (χ2n) is 3.00. The van der Waals surface area contributed by atoms with E-state index < -0.39 is 4.92 Å². The Morgan fingerprint density at radius 1 is 1.38 bits per heavy atom. The predicted octanol–water partition coefficient (Wildman–Crippen LogP) is 4.21. The molecule has 0 aliphatic rings. The van der Waals surface area contributed by atoms with E-state index in [9.17, 15) is 10.1 Å². The van der Waals surface area contributed by atoms with Gasteiger partial charge in [0.05, 0.1) is 10.4 Å². The number of rotatable bonds is 1. The summed E-state index contributed by atoms with van der Waals surface area (Å²) in [6.07, 6.45) is 1.13. The smallest absolute Gasteiger partial charge is 0.258 e. The van der Waals surface area contributed by atoms with Crippen molar-refractivity contribution in [2.45, 2.75) is 0 Å². The molecule has 2 rings (SSSR count). The first-order chi connectivity index (χ1) is 7.50. The van der Waals surface area contributed by atoms with Gasteiger partial charge < -0.3 is 0 Å². The van der Waals surface area contributed by atoms with Crippen molar-refractivity contribution >= 4 is 55.7 Å². The third kappa shape index (κ3) is 1.86. The summed E-state index contributed by atoms with van der Waals surface area (Å²) in [5.74, 6) is 0. The zero-order valence-corrected chi connectivity index (χ0v) is 10.7. The fourth-order valence-corrected chi connectivity index (χ4v) is 2.49. The summed E-state index contributed by atoms with van der Waals surface area (Å²) >= 11 is 15.0. The second kappa shape index (κ2) is 4.16. The van der Waals surface area contributed by atoms with Crippen molar-refractivity contribution in [3.63, 3.8) is 0 Å². The molecule has 0 saturated heterocycles. The van der Waals surface area contributed by atoms with Gasteiger partial charge in [-0.25, -0.2) is 4.98 Å². The normalized spacial score (nSPS) is 10.7. The number of fused-ring (bicyclic) bond motifs is 1. The van der Waals surface area contributed by atoms with E-state index in [4.69, 9.17) is 23.2 Å². The molecule has 0 unspecified atom stereocenters. The molecule has 0 aliphatic carbocycles. The lowest BCUT2D eigenvalue weighted by Gasteiger charge is -2.03. The highest BCUT2D eigenvalue weighted by Gasteiger charge is 2.17. The van der Waals surface area contributed by atoms with Gasteiger partial charge in [-0.3, -0.25) is 10.1 Å². The van der Waals surface area contributed by atoms with Gasteiger partial charge in [0.2, 0.25) is 0 Å². The predicted molar refractivity (Wildman–Crippen MR) is 66.1 cm³/mol. The minimum Gasteiger partial charge on any atom is -0.258 e. The van der Waals surface area contributed by atoms with Crippen LogP contribution in [-0.4, -0.2) is 9.91 Å². The largest absolute Gasteiger partial charge is 0.306 e. The lowest BCUT2D eigenvalue weighted by atomic mass is 10.2. The number of pyridine rings is 1. The Labute approximate surface area is 108 Å². The van der Waals surface area contributed by atoms with Crippen LogP contribution in [0.2, 0.25) is 10.0 Å². The van der Waals surface area contributed by atoms with Crippen LogP contribution in [-0.2, 0) is 0 Å². The van der Waals surface area contributed by atoms with E-state index in [0.29, 0.717) is 20.4 Å². The Hall–Kier alpha value is -0.910. The highest BCUT2D eigenvalue weighted by atomic mass is 79.9. The zero-order chi connectivity index (χ0) is 11.9. The maximum atomic E-state index is 10.7. The molecule has 1 aromatic carbocycles. The third-order valence-electron chi connectivity index (χ3n) is 2.00.